The Kier molecular flexibility index (Phi) is 4.71. The van der Waals surface area contributed by atoms with E-state index >= 15 is 0 Å². The minimum atomic E-state index is 0.0216. The Bertz CT molecular complexity index is 537. The van der Waals surface area contributed by atoms with E-state index in [2.05, 4.69) is 16.8 Å². The van der Waals surface area contributed by atoms with Crippen LogP contribution in [-0.2, 0) is 11.3 Å². The van der Waals surface area contributed by atoms with Gasteiger partial charge in [-0.15, -0.1) is 11.3 Å². The topological polar surface area (TPSA) is 32.3 Å². The minimum absolute atomic E-state index is 0.0216. The van der Waals surface area contributed by atoms with E-state index in [1.54, 1.807) is 11.3 Å². The molecule has 0 aliphatic rings. The van der Waals surface area contributed by atoms with Crippen molar-refractivity contribution in [3.8, 4) is 0 Å². The van der Waals surface area contributed by atoms with Gasteiger partial charge in [-0.3, -0.25) is 9.69 Å². The first kappa shape index (κ1) is 13.8. The molecule has 0 atom stereocenters. The van der Waals surface area contributed by atoms with E-state index in [1.807, 2.05) is 49.2 Å². The predicted octanol–water partition coefficient (Wildman–Crippen LogP) is 3.13. The van der Waals surface area contributed by atoms with Gasteiger partial charge in [-0.05, 0) is 37.0 Å². The third-order valence-electron chi connectivity index (χ3n) is 2.84. The van der Waals surface area contributed by atoms with Crippen molar-refractivity contribution >= 4 is 22.9 Å². The fourth-order valence-electron chi connectivity index (χ4n) is 1.87. The van der Waals surface area contributed by atoms with E-state index in [1.165, 1.54) is 4.88 Å². The van der Waals surface area contributed by atoms with Crippen LogP contribution in [0.5, 0.6) is 0 Å². The van der Waals surface area contributed by atoms with Gasteiger partial charge in [-0.25, -0.2) is 0 Å². The first-order valence-electron chi connectivity index (χ1n) is 6.21. The largest absolute Gasteiger partial charge is 0.325 e. The van der Waals surface area contributed by atoms with E-state index in [9.17, 15) is 4.79 Å². The standard InChI is InChI=1S/C15H18N2OS/c1-12-6-3-4-8-14(12)16-15(18)11-17(2)10-13-7-5-9-19-13/h3-9H,10-11H2,1-2H3,(H,16,18). The zero-order chi connectivity index (χ0) is 13.7. The number of para-hydroxylation sites is 1. The molecule has 1 aromatic heterocycles. The summed E-state index contributed by atoms with van der Waals surface area (Å²) in [7, 11) is 1.96. The van der Waals surface area contributed by atoms with Gasteiger partial charge in [-0.2, -0.15) is 0 Å². The molecule has 4 heteroatoms. The predicted molar refractivity (Wildman–Crippen MR) is 80.5 cm³/mol. The zero-order valence-corrected chi connectivity index (χ0v) is 12.0. The monoisotopic (exact) mass is 274 g/mol. The second kappa shape index (κ2) is 6.50. The molecule has 0 aliphatic heterocycles. The first-order chi connectivity index (χ1) is 9.15. The van der Waals surface area contributed by atoms with Crippen LogP contribution in [0.1, 0.15) is 10.4 Å². The molecule has 2 rings (SSSR count). The summed E-state index contributed by atoms with van der Waals surface area (Å²) in [6, 6.07) is 11.9. The van der Waals surface area contributed by atoms with Crippen LogP contribution in [-0.4, -0.2) is 24.4 Å². The number of nitrogens with zero attached hydrogens (tertiary/aromatic N) is 1. The van der Waals surface area contributed by atoms with Crippen molar-refractivity contribution < 1.29 is 4.79 Å². The molecule has 0 fully saturated rings. The average molecular weight is 274 g/mol. The Balaban J connectivity index is 1.86. The molecule has 1 heterocycles. The normalized spacial score (nSPS) is 10.7. The summed E-state index contributed by atoms with van der Waals surface area (Å²) in [5.41, 5.74) is 1.97. The number of nitrogens with one attached hydrogen (secondary N) is 1. The number of hydrogen-bond donors (Lipinski definition) is 1. The molecule has 0 radical (unpaired) electrons. The van der Waals surface area contributed by atoms with Crippen molar-refractivity contribution in [2.24, 2.45) is 0 Å². The van der Waals surface area contributed by atoms with Crippen LogP contribution < -0.4 is 5.32 Å². The number of amides is 1. The highest BCUT2D eigenvalue weighted by Gasteiger charge is 2.08. The number of carbonyl (C=O) groups is 1. The van der Waals surface area contributed by atoms with Crippen LogP contribution in [0.2, 0.25) is 0 Å². The molecule has 1 aromatic carbocycles. The number of benzene rings is 1. The van der Waals surface area contributed by atoms with Gasteiger partial charge in [-0.1, -0.05) is 24.3 Å². The number of carbonyl (C=O) groups excluding carboxylic acids is 1. The third-order valence-corrected chi connectivity index (χ3v) is 3.70. The number of likely N-dealkylation sites (N-methyl/N-ethyl adjacent to an activating group) is 1. The Labute approximate surface area is 117 Å². The van der Waals surface area contributed by atoms with Gasteiger partial charge in [0.05, 0.1) is 6.54 Å². The van der Waals surface area contributed by atoms with Crippen LogP contribution in [0.25, 0.3) is 0 Å². The van der Waals surface area contributed by atoms with Crippen molar-refractivity contribution in [1.82, 2.24) is 4.90 Å². The second-order valence-corrected chi connectivity index (χ2v) is 5.65. The molecule has 0 unspecified atom stereocenters. The van der Waals surface area contributed by atoms with Crippen molar-refractivity contribution in [3.63, 3.8) is 0 Å². The van der Waals surface area contributed by atoms with Crippen LogP contribution in [0.15, 0.2) is 41.8 Å². The molecule has 0 saturated heterocycles. The number of thiophene rings is 1. The molecule has 100 valence electrons. The number of anilines is 1. The van der Waals surface area contributed by atoms with Crippen LogP contribution in [0.3, 0.4) is 0 Å². The van der Waals surface area contributed by atoms with Gasteiger partial charge < -0.3 is 5.32 Å². The number of aryl methyl sites for hydroxylation is 1. The average Bonchev–Trinajstić information content (AvgIpc) is 2.84. The Hall–Kier alpha value is -1.65. The van der Waals surface area contributed by atoms with E-state index in [0.29, 0.717) is 6.54 Å². The van der Waals surface area contributed by atoms with Gasteiger partial charge in [0.15, 0.2) is 0 Å². The molecule has 1 amide bonds. The van der Waals surface area contributed by atoms with Crippen molar-refractivity contribution in [1.29, 1.82) is 0 Å². The molecule has 3 nitrogen and oxygen atoms in total. The van der Waals surface area contributed by atoms with E-state index in [-0.39, 0.29) is 5.91 Å². The highest BCUT2D eigenvalue weighted by molar-refractivity contribution is 7.09. The van der Waals surface area contributed by atoms with Gasteiger partial charge in [0.25, 0.3) is 0 Å². The first-order valence-corrected chi connectivity index (χ1v) is 7.09. The maximum atomic E-state index is 12.0. The molecule has 19 heavy (non-hydrogen) atoms. The van der Waals surface area contributed by atoms with E-state index in [4.69, 9.17) is 0 Å². The Morgan fingerprint density at radius 1 is 1.26 bits per heavy atom. The van der Waals surface area contributed by atoms with Crippen molar-refractivity contribution in [3.05, 3.63) is 52.2 Å². The van der Waals surface area contributed by atoms with Crippen LogP contribution in [0.4, 0.5) is 5.69 Å². The van der Waals surface area contributed by atoms with Crippen molar-refractivity contribution in [2.45, 2.75) is 13.5 Å². The fraction of sp³-hybridized carbons (Fsp3) is 0.267. The van der Waals surface area contributed by atoms with Crippen LogP contribution in [0, 0.1) is 6.92 Å². The lowest BCUT2D eigenvalue weighted by molar-refractivity contribution is -0.117. The zero-order valence-electron chi connectivity index (χ0n) is 11.2. The van der Waals surface area contributed by atoms with E-state index < -0.39 is 0 Å². The smallest absolute Gasteiger partial charge is 0.238 e. The summed E-state index contributed by atoms with van der Waals surface area (Å²) in [6.45, 7) is 3.19. The summed E-state index contributed by atoms with van der Waals surface area (Å²) in [6.07, 6.45) is 0. The lowest BCUT2D eigenvalue weighted by Gasteiger charge is -2.16. The maximum absolute atomic E-state index is 12.0. The third kappa shape index (κ3) is 4.19. The molecule has 0 spiro atoms. The van der Waals surface area contributed by atoms with E-state index in [0.717, 1.165) is 17.8 Å². The maximum Gasteiger partial charge on any atom is 0.238 e. The Morgan fingerprint density at radius 2 is 2.05 bits per heavy atom. The lowest BCUT2D eigenvalue weighted by Crippen LogP contribution is -2.29. The minimum Gasteiger partial charge on any atom is -0.325 e. The number of hydrogen-bond acceptors (Lipinski definition) is 3. The highest BCUT2D eigenvalue weighted by Crippen LogP contribution is 2.14. The highest BCUT2D eigenvalue weighted by atomic mass is 32.1. The van der Waals surface area contributed by atoms with Gasteiger partial charge in [0, 0.05) is 17.1 Å². The summed E-state index contributed by atoms with van der Waals surface area (Å²) < 4.78 is 0. The lowest BCUT2D eigenvalue weighted by atomic mass is 10.2. The van der Waals surface area contributed by atoms with Crippen LogP contribution >= 0.6 is 11.3 Å². The molecular weight excluding hydrogens is 256 g/mol. The Morgan fingerprint density at radius 3 is 2.74 bits per heavy atom. The molecule has 2 aromatic rings. The summed E-state index contributed by atoms with van der Waals surface area (Å²) in [4.78, 5) is 15.2. The number of rotatable bonds is 5. The second-order valence-electron chi connectivity index (χ2n) is 4.61. The van der Waals surface area contributed by atoms with Crippen molar-refractivity contribution in [2.75, 3.05) is 18.9 Å². The summed E-state index contributed by atoms with van der Waals surface area (Å²) >= 11 is 1.71. The SMILES string of the molecule is Cc1ccccc1NC(=O)CN(C)Cc1cccs1. The van der Waals surface area contributed by atoms with Gasteiger partial charge in [0.2, 0.25) is 5.91 Å². The van der Waals surface area contributed by atoms with Gasteiger partial charge in [0.1, 0.15) is 0 Å². The fourth-order valence-corrected chi connectivity index (χ4v) is 2.66. The molecule has 0 saturated carbocycles. The molecule has 0 aliphatic carbocycles. The molecule has 0 bridgehead atoms. The molecule has 1 N–H and O–H groups in total. The van der Waals surface area contributed by atoms with Gasteiger partial charge >= 0.3 is 0 Å². The summed E-state index contributed by atoms with van der Waals surface area (Å²) in [5.74, 6) is 0.0216. The molecular formula is C15H18N2OS. The quantitative estimate of drug-likeness (QED) is 0.908. The summed E-state index contributed by atoms with van der Waals surface area (Å²) in [5, 5.41) is 5.00.